The van der Waals surface area contributed by atoms with Crippen molar-refractivity contribution < 1.29 is 13.2 Å². The average molecular weight is 468 g/mol. The van der Waals surface area contributed by atoms with E-state index in [2.05, 4.69) is 29.1 Å². The Balaban J connectivity index is 0.00000484. The highest BCUT2D eigenvalue weighted by Crippen LogP contribution is 2.29. The van der Waals surface area contributed by atoms with Gasteiger partial charge in [0.25, 0.3) is 0 Å². The van der Waals surface area contributed by atoms with Crippen LogP contribution in [0.4, 0.5) is 13.2 Å². The Morgan fingerprint density at radius 1 is 1.39 bits per heavy atom. The van der Waals surface area contributed by atoms with Gasteiger partial charge in [0, 0.05) is 37.2 Å². The van der Waals surface area contributed by atoms with Gasteiger partial charge in [-0.1, -0.05) is 0 Å². The fourth-order valence-electron chi connectivity index (χ4n) is 2.46. The predicted octanol–water partition coefficient (Wildman–Crippen LogP) is 2.89. The third kappa shape index (κ3) is 9.85. The number of nitrogens with zero attached hydrogens (tertiary/aromatic N) is 3. The van der Waals surface area contributed by atoms with Crippen LogP contribution in [0, 0.1) is 0 Å². The van der Waals surface area contributed by atoms with Crippen LogP contribution in [0.1, 0.15) is 20.3 Å². The lowest BCUT2D eigenvalue weighted by Crippen LogP contribution is -2.51. The molecule has 1 heterocycles. The number of aliphatic imine (C=N–C) groups is 1. The molecule has 0 aromatic carbocycles. The third-order valence-corrected chi connectivity index (χ3v) is 4.68. The zero-order chi connectivity index (χ0) is 16.8. The van der Waals surface area contributed by atoms with Crippen LogP contribution in [-0.2, 0) is 0 Å². The smallest absolute Gasteiger partial charge is 0.356 e. The summed E-state index contributed by atoms with van der Waals surface area (Å²) in [5, 5.41) is 3.25. The topological polar surface area (TPSA) is 30.9 Å². The standard InChI is InChI=1S/C14H27F3N4S.HI/c1-13(2)10-21(8-9-22-13)12(18-3)19-6-5-7-20(4)11-14(15,16)17;/h5-11H2,1-4H3,(H,18,19);1H. The molecule has 0 aliphatic carbocycles. The molecule has 1 N–H and O–H groups in total. The highest BCUT2D eigenvalue weighted by molar-refractivity contribution is 14.0. The number of alkyl halides is 3. The van der Waals surface area contributed by atoms with E-state index in [1.54, 1.807) is 7.05 Å². The molecule has 0 radical (unpaired) electrons. The van der Waals surface area contributed by atoms with Crippen LogP contribution in [0.25, 0.3) is 0 Å². The normalized spacial score (nSPS) is 18.8. The van der Waals surface area contributed by atoms with E-state index in [-0.39, 0.29) is 28.7 Å². The first-order valence-corrected chi connectivity index (χ1v) is 8.46. The SMILES string of the molecule is CN=C(NCCCN(C)CC(F)(F)F)N1CCSC(C)(C)C1.I. The zero-order valence-electron chi connectivity index (χ0n) is 14.2. The van der Waals surface area contributed by atoms with Crippen molar-refractivity contribution in [2.75, 3.05) is 52.6 Å². The number of halogens is 4. The maximum atomic E-state index is 12.2. The molecule has 1 aliphatic rings. The van der Waals surface area contributed by atoms with Gasteiger partial charge in [-0.05, 0) is 33.9 Å². The second-order valence-electron chi connectivity index (χ2n) is 6.21. The van der Waals surface area contributed by atoms with Crippen molar-refractivity contribution in [3.8, 4) is 0 Å². The molecular formula is C14H28F3IN4S. The summed E-state index contributed by atoms with van der Waals surface area (Å²) in [6, 6.07) is 0. The predicted molar refractivity (Wildman–Crippen MR) is 103 cm³/mol. The first kappa shape index (κ1) is 23.1. The maximum absolute atomic E-state index is 12.2. The highest BCUT2D eigenvalue weighted by Gasteiger charge is 2.29. The lowest BCUT2D eigenvalue weighted by Gasteiger charge is -2.39. The number of guanidine groups is 1. The van der Waals surface area contributed by atoms with Crippen molar-refractivity contribution in [3.63, 3.8) is 0 Å². The van der Waals surface area contributed by atoms with Crippen LogP contribution < -0.4 is 5.32 Å². The Kier molecular flexibility index (Phi) is 10.2. The van der Waals surface area contributed by atoms with E-state index < -0.39 is 12.7 Å². The fraction of sp³-hybridized carbons (Fsp3) is 0.929. The lowest BCUT2D eigenvalue weighted by atomic mass is 10.2. The van der Waals surface area contributed by atoms with Crippen LogP contribution >= 0.6 is 35.7 Å². The van der Waals surface area contributed by atoms with E-state index >= 15 is 0 Å². The molecule has 1 fully saturated rings. The van der Waals surface area contributed by atoms with Gasteiger partial charge in [-0.3, -0.25) is 9.89 Å². The van der Waals surface area contributed by atoms with E-state index in [1.807, 2.05) is 11.8 Å². The number of hydrogen-bond donors (Lipinski definition) is 1. The highest BCUT2D eigenvalue weighted by atomic mass is 127. The zero-order valence-corrected chi connectivity index (χ0v) is 17.4. The van der Waals surface area contributed by atoms with Gasteiger partial charge >= 0.3 is 6.18 Å². The van der Waals surface area contributed by atoms with Crippen LogP contribution in [0.2, 0.25) is 0 Å². The molecule has 0 spiro atoms. The minimum absolute atomic E-state index is 0. The quantitative estimate of drug-likeness (QED) is 0.291. The molecule has 0 aromatic rings. The van der Waals surface area contributed by atoms with E-state index in [0.29, 0.717) is 19.5 Å². The molecule has 9 heteroatoms. The summed E-state index contributed by atoms with van der Waals surface area (Å²) in [6.45, 7) is 6.46. The van der Waals surface area contributed by atoms with Crippen molar-refractivity contribution in [2.24, 2.45) is 4.99 Å². The molecule has 138 valence electrons. The monoisotopic (exact) mass is 468 g/mol. The number of nitrogens with one attached hydrogen (secondary N) is 1. The van der Waals surface area contributed by atoms with Crippen molar-refractivity contribution in [1.29, 1.82) is 0 Å². The van der Waals surface area contributed by atoms with E-state index in [4.69, 9.17) is 0 Å². The Morgan fingerprint density at radius 3 is 2.57 bits per heavy atom. The van der Waals surface area contributed by atoms with Crippen LogP contribution in [0.5, 0.6) is 0 Å². The summed E-state index contributed by atoms with van der Waals surface area (Å²) < 4.78 is 36.9. The Labute approximate surface area is 158 Å². The second kappa shape index (κ2) is 10.2. The molecule has 0 amide bonds. The lowest BCUT2D eigenvalue weighted by molar-refractivity contribution is -0.143. The van der Waals surface area contributed by atoms with Gasteiger partial charge in [0.15, 0.2) is 5.96 Å². The summed E-state index contributed by atoms with van der Waals surface area (Å²) in [5.41, 5.74) is 0. The molecule has 1 aliphatic heterocycles. The van der Waals surface area contributed by atoms with Crippen LogP contribution in [-0.4, -0.2) is 79.3 Å². The summed E-state index contributed by atoms with van der Waals surface area (Å²) in [5.74, 6) is 1.90. The molecule has 1 saturated heterocycles. The Morgan fingerprint density at radius 2 is 2.04 bits per heavy atom. The summed E-state index contributed by atoms with van der Waals surface area (Å²) in [7, 11) is 3.24. The van der Waals surface area contributed by atoms with Gasteiger partial charge in [0.1, 0.15) is 0 Å². The minimum Gasteiger partial charge on any atom is -0.356 e. The molecule has 0 unspecified atom stereocenters. The van der Waals surface area contributed by atoms with Gasteiger partial charge in [0.2, 0.25) is 0 Å². The Bertz CT molecular complexity index is 378. The molecule has 1 rings (SSSR count). The van der Waals surface area contributed by atoms with Gasteiger partial charge in [-0.25, -0.2) is 0 Å². The number of thioether (sulfide) groups is 1. The van der Waals surface area contributed by atoms with Gasteiger partial charge in [0.05, 0.1) is 6.54 Å². The summed E-state index contributed by atoms with van der Waals surface area (Å²) in [6.07, 6.45) is -3.48. The first-order valence-electron chi connectivity index (χ1n) is 7.48. The van der Waals surface area contributed by atoms with Crippen molar-refractivity contribution in [3.05, 3.63) is 0 Å². The molecule has 23 heavy (non-hydrogen) atoms. The largest absolute Gasteiger partial charge is 0.401 e. The molecule has 0 aromatic heterocycles. The summed E-state index contributed by atoms with van der Waals surface area (Å²) >= 11 is 1.95. The van der Waals surface area contributed by atoms with Gasteiger partial charge in [-0.2, -0.15) is 24.9 Å². The van der Waals surface area contributed by atoms with Crippen molar-refractivity contribution in [1.82, 2.24) is 15.1 Å². The maximum Gasteiger partial charge on any atom is 0.401 e. The Hall–Kier alpha value is 0.1000. The molecule has 0 atom stereocenters. The fourth-order valence-corrected chi connectivity index (χ4v) is 3.58. The number of rotatable bonds is 5. The number of hydrogen-bond acceptors (Lipinski definition) is 3. The average Bonchev–Trinajstić information content (AvgIpc) is 2.35. The van der Waals surface area contributed by atoms with Crippen LogP contribution in [0.3, 0.4) is 0 Å². The van der Waals surface area contributed by atoms with Crippen molar-refractivity contribution in [2.45, 2.75) is 31.2 Å². The van der Waals surface area contributed by atoms with Gasteiger partial charge < -0.3 is 10.2 Å². The van der Waals surface area contributed by atoms with E-state index in [9.17, 15) is 13.2 Å². The summed E-state index contributed by atoms with van der Waals surface area (Å²) in [4.78, 5) is 7.80. The minimum atomic E-state index is -4.13. The van der Waals surface area contributed by atoms with Crippen LogP contribution in [0.15, 0.2) is 4.99 Å². The molecular weight excluding hydrogens is 440 g/mol. The first-order chi connectivity index (χ1) is 10.1. The molecule has 4 nitrogen and oxygen atoms in total. The molecule has 0 saturated carbocycles. The molecule has 0 bridgehead atoms. The van der Waals surface area contributed by atoms with E-state index in [1.165, 1.54) is 11.9 Å². The van der Waals surface area contributed by atoms with E-state index in [0.717, 1.165) is 24.8 Å². The van der Waals surface area contributed by atoms with Gasteiger partial charge in [-0.15, -0.1) is 24.0 Å². The van der Waals surface area contributed by atoms with Crippen molar-refractivity contribution >= 4 is 41.7 Å². The third-order valence-electron chi connectivity index (χ3n) is 3.39. The second-order valence-corrected chi connectivity index (χ2v) is 8.01.